The van der Waals surface area contributed by atoms with Gasteiger partial charge in [0.15, 0.2) is 23.1 Å². The molecule has 12 heteroatoms. The molecule has 4 saturated carbocycles. The fourth-order valence-electron chi connectivity index (χ4n) is 5.96. The van der Waals surface area contributed by atoms with E-state index in [1.54, 1.807) is 0 Å². The van der Waals surface area contributed by atoms with Crippen LogP contribution in [0.5, 0.6) is 0 Å². The molecule has 0 aliphatic heterocycles. The molecule has 33 heavy (non-hydrogen) atoms. The quantitative estimate of drug-likeness (QED) is 0.506. The molecule has 172 valence electrons. The molecule has 0 saturated heterocycles. The van der Waals surface area contributed by atoms with E-state index in [4.69, 9.17) is 0 Å². The van der Waals surface area contributed by atoms with Gasteiger partial charge >= 0.3 is 12.1 Å². The molecule has 8 nitrogen and oxygen atoms in total. The van der Waals surface area contributed by atoms with E-state index in [0.29, 0.717) is 18.0 Å². The van der Waals surface area contributed by atoms with Crippen molar-refractivity contribution in [3.63, 3.8) is 0 Å². The highest BCUT2D eigenvalue weighted by Crippen LogP contribution is 2.64. The number of nitrogens with one attached hydrogen (secondary N) is 2. The third kappa shape index (κ3) is 3.14. The zero-order valence-electron chi connectivity index (χ0n) is 17.0. The lowest BCUT2D eigenvalue weighted by molar-refractivity contribution is -0.148. The summed E-state index contributed by atoms with van der Waals surface area (Å²) >= 11 is 0. The van der Waals surface area contributed by atoms with Gasteiger partial charge in [-0.05, 0) is 49.0 Å². The Hall–Kier alpha value is -3.31. The predicted molar refractivity (Wildman–Crippen MR) is 106 cm³/mol. The number of hydrogen-bond acceptors (Lipinski definition) is 6. The summed E-state index contributed by atoms with van der Waals surface area (Å²) in [6, 6.07) is 0.411. The second-order valence-corrected chi connectivity index (χ2v) is 9.08. The van der Waals surface area contributed by atoms with Crippen molar-refractivity contribution in [2.45, 2.75) is 31.5 Å². The Morgan fingerprint density at radius 2 is 1.88 bits per heavy atom. The van der Waals surface area contributed by atoms with Gasteiger partial charge in [0.1, 0.15) is 5.69 Å². The van der Waals surface area contributed by atoms with Gasteiger partial charge < -0.3 is 10.4 Å². The number of carbonyl (C=O) groups is 1. The smallest absolute Gasteiger partial charge is 0.417 e. The lowest BCUT2D eigenvalue weighted by atomic mass is 9.61. The Morgan fingerprint density at radius 1 is 1.12 bits per heavy atom. The molecule has 3 N–H and O–H groups in total. The van der Waals surface area contributed by atoms with Crippen LogP contribution < -0.4 is 5.32 Å². The Balaban J connectivity index is 1.37. The highest BCUT2D eigenvalue weighted by Gasteiger charge is 2.63. The standard InChI is InChI=1S/C21H18F4N6O2/c22-13-6-27-19(16-12-3-7(21(23,24)25)5-26-17(12)31-30-16)29-18(13)28-15-9-2-1-8(10-4-11(9)10)14(15)20(32)33/h3,5-6,8-11,14-15H,1-2,4H2,(H,32,33)(H,26,30,31)(H,27,28,29)/t8-,9+,10-,11+,14-,15-/m0/s1. The first-order valence-corrected chi connectivity index (χ1v) is 10.7. The molecule has 0 aromatic carbocycles. The van der Waals surface area contributed by atoms with E-state index in [1.807, 2.05) is 0 Å². The van der Waals surface area contributed by atoms with Crippen LogP contribution in [0.2, 0.25) is 0 Å². The fraction of sp³-hybridized carbons (Fsp3) is 0.476. The summed E-state index contributed by atoms with van der Waals surface area (Å²) < 4.78 is 54.1. The molecule has 0 spiro atoms. The lowest BCUT2D eigenvalue weighted by Crippen LogP contribution is -2.53. The largest absolute Gasteiger partial charge is 0.481 e. The van der Waals surface area contributed by atoms with Crippen LogP contribution in [0.3, 0.4) is 0 Å². The highest BCUT2D eigenvalue weighted by molar-refractivity contribution is 5.89. The summed E-state index contributed by atoms with van der Waals surface area (Å²) in [4.78, 5) is 23.9. The molecule has 4 aliphatic rings. The van der Waals surface area contributed by atoms with Gasteiger partial charge in [-0.1, -0.05) is 0 Å². The van der Waals surface area contributed by atoms with Crippen LogP contribution in [0.1, 0.15) is 24.8 Å². The van der Waals surface area contributed by atoms with Crippen molar-refractivity contribution in [3.05, 3.63) is 29.8 Å². The monoisotopic (exact) mass is 462 g/mol. The molecule has 3 heterocycles. The Bertz CT molecular complexity index is 1280. The molecule has 2 bridgehead atoms. The molecule has 4 aliphatic carbocycles. The number of halogens is 4. The minimum atomic E-state index is -4.60. The molecular formula is C21H18F4N6O2. The first kappa shape index (κ1) is 20.3. The number of hydrogen-bond donors (Lipinski definition) is 3. The third-order valence-corrected chi connectivity index (χ3v) is 7.43. The average Bonchev–Trinajstić information content (AvgIpc) is 3.49. The van der Waals surface area contributed by atoms with Crippen molar-refractivity contribution < 1.29 is 27.5 Å². The average molecular weight is 462 g/mol. The molecule has 3 aromatic heterocycles. The van der Waals surface area contributed by atoms with Crippen LogP contribution in [0.4, 0.5) is 23.4 Å². The molecule has 3 aromatic rings. The molecule has 0 amide bonds. The number of aromatic amines is 1. The van der Waals surface area contributed by atoms with Gasteiger partial charge in [-0.3, -0.25) is 9.89 Å². The summed E-state index contributed by atoms with van der Waals surface area (Å²) in [5, 5.41) is 19.4. The number of alkyl halides is 3. The van der Waals surface area contributed by atoms with Crippen LogP contribution in [0.25, 0.3) is 22.6 Å². The van der Waals surface area contributed by atoms with Crippen LogP contribution in [-0.2, 0) is 11.0 Å². The van der Waals surface area contributed by atoms with Gasteiger partial charge in [0.05, 0.1) is 23.1 Å². The van der Waals surface area contributed by atoms with E-state index in [0.717, 1.165) is 31.5 Å². The maximum Gasteiger partial charge on any atom is 0.417 e. The summed E-state index contributed by atoms with van der Waals surface area (Å²) in [6.45, 7) is 0. The van der Waals surface area contributed by atoms with Gasteiger partial charge in [-0.15, -0.1) is 0 Å². The summed E-state index contributed by atoms with van der Waals surface area (Å²) in [5.74, 6) is -1.51. The van der Waals surface area contributed by atoms with Crippen molar-refractivity contribution in [1.29, 1.82) is 0 Å². The van der Waals surface area contributed by atoms with Crippen LogP contribution in [0, 0.1) is 35.4 Å². The minimum Gasteiger partial charge on any atom is -0.481 e. The van der Waals surface area contributed by atoms with Crippen molar-refractivity contribution in [1.82, 2.24) is 25.1 Å². The molecule has 4 fully saturated rings. The van der Waals surface area contributed by atoms with Crippen LogP contribution in [-0.4, -0.2) is 42.3 Å². The predicted octanol–water partition coefficient (Wildman–Crippen LogP) is 3.73. The Kier molecular flexibility index (Phi) is 4.21. The first-order valence-electron chi connectivity index (χ1n) is 10.7. The van der Waals surface area contributed by atoms with Crippen molar-refractivity contribution in [3.8, 4) is 11.5 Å². The number of rotatable bonds is 4. The molecule has 0 radical (unpaired) electrons. The number of pyridine rings is 1. The number of carboxylic acids is 1. The third-order valence-electron chi connectivity index (χ3n) is 7.43. The van der Waals surface area contributed by atoms with E-state index >= 15 is 0 Å². The van der Waals surface area contributed by atoms with Crippen molar-refractivity contribution >= 4 is 22.8 Å². The van der Waals surface area contributed by atoms with Crippen LogP contribution in [0.15, 0.2) is 18.5 Å². The fourth-order valence-corrected chi connectivity index (χ4v) is 5.96. The number of H-pyrrole nitrogens is 1. The maximum atomic E-state index is 14.7. The number of aliphatic carboxylic acids is 1. The van der Waals surface area contributed by atoms with Gasteiger partial charge in [0, 0.05) is 12.2 Å². The van der Waals surface area contributed by atoms with Gasteiger partial charge in [-0.2, -0.15) is 18.3 Å². The minimum absolute atomic E-state index is 0.0377. The van der Waals surface area contributed by atoms with Crippen LogP contribution >= 0.6 is 0 Å². The van der Waals surface area contributed by atoms with Crippen molar-refractivity contribution in [2.24, 2.45) is 29.6 Å². The summed E-state index contributed by atoms with van der Waals surface area (Å²) in [5.41, 5.74) is -0.857. The molecule has 0 unspecified atom stereocenters. The van der Waals surface area contributed by atoms with E-state index in [-0.39, 0.29) is 40.2 Å². The summed E-state index contributed by atoms with van der Waals surface area (Å²) in [7, 11) is 0. The molecular weight excluding hydrogens is 444 g/mol. The van der Waals surface area contributed by atoms with E-state index in [2.05, 4.69) is 30.5 Å². The zero-order chi connectivity index (χ0) is 23.1. The zero-order valence-corrected chi connectivity index (χ0v) is 17.0. The normalized spacial score (nSPS) is 30.3. The van der Waals surface area contributed by atoms with Gasteiger partial charge in [0.25, 0.3) is 0 Å². The SMILES string of the molecule is O=C(O)[C@H]1[C@H]2CC[C@H]([C@H]3C[C@H]32)[C@@H]1Nc1nc(-c2[nH]nc3ncc(C(F)(F)F)cc23)ncc1F. The van der Waals surface area contributed by atoms with Gasteiger partial charge in [-0.25, -0.2) is 19.3 Å². The lowest BCUT2D eigenvalue weighted by Gasteiger charge is -2.46. The highest BCUT2D eigenvalue weighted by atomic mass is 19.4. The second kappa shape index (κ2) is 6.84. The van der Waals surface area contributed by atoms with E-state index in [1.165, 1.54) is 0 Å². The number of carboxylic acid groups (broad SMARTS) is 1. The number of aromatic nitrogens is 5. The first-order chi connectivity index (χ1) is 15.7. The topological polar surface area (TPSA) is 117 Å². The number of anilines is 1. The second-order valence-electron chi connectivity index (χ2n) is 9.08. The summed E-state index contributed by atoms with van der Waals surface area (Å²) in [6.07, 6.45) is -0.268. The molecule has 6 atom stereocenters. The van der Waals surface area contributed by atoms with E-state index in [9.17, 15) is 27.5 Å². The number of nitrogens with zero attached hydrogens (tertiary/aromatic N) is 4. The maximum absolute atomic E-state index is 14.7. The van der Waals surface area contributed by atoms with Crippen molar-refractivity contribution in [2.75, 3.05) is 5.32 Å². The number of fused-ring (bicyclic) bond motifs is 3. The Morgan fingerprint density at radius 3 is 2.64 bits per heavy atom. The van der Waals surface area contributed by atoms with E-state index < -0.39 is 35.5 Å². The van der Waals surface area contributed by atoms with Gasteiger partial charge in [0.2, 0.25) is 0 Å². The Labute approximate surface area is 183 Å². The molecule has 7 rings (SSSR count).